The first-order valence-electron chi connectivity index (χ1n) is 11.3. The van der Waals surface area contributed by atoms with Gasteiger partial charge in [-0.15, -0.1) is 0 Å². The summed E-state index contributed by atoms with van der Waals surface area (Å²) >= 11 is 0. The lowest BCUT2D eigenvalue weighted by atomic mass is 10.0. The minimum atomic E-state index is -4.77. The van der Waals surface area contributed by atoms with Crippen molar-refractivity contribution < 1.29 is 28.6 Å². The number of hydrogen-bond donors (Lipinski definition) is 2. The van der Waals surface area contributed by atoms with Crippen LogP contribution in [0.2, 0.25) is 0 Å². The summed E-state index contributed by atoms with van der Waals surface area (Å²) in [6, 6.07) is 0. The molecule has 6 nitrogen and oxygen atoms in total. The molecule has 0 saturated carbocycles. The van der Waals surface area contributed by atoms with Crippen LogP contribution in [0.1, 0.15) is 110 Å². The van der Waals surface area contributed by atoms with Crippen LogP contribution < -0.4 is 0 Å². The molecule has 0 aromatic rings. The summed E-state index contributed by atoms with van der Waals surface area (Å²) in [7, 11) is -4.77. The molecule has 0 unspecified atom stereocenters. The molecular weight excluding hydrogens is 379 g/mol. The van der Waals surface area contributed by atoms with Gasteiger partial charge in [0.05, 0.1) is 6.61 Å². The number of unbranched alkanes of at least 4 members (excludes halogenated alkanes) is 15. The lowest BCUT2D eigenvalue weighted by Gasteiger charge is -2.07. The van der Waals surface area contributed by atoms with Crippen LogP contribution in [0.25, 0.3) is 0 Å². The Morgan fingerprint density at radius 3 is 1.43 bits per heavy atom. The molecule has 7 heteroatoms. The Morgan fingerprint density at radius 1 is 0.643 bits per heavy atom. The van der Waals surface area contributed by atoms with Crippen molar-refractivity contribution >= 4 is 13.3 Å². The van der Waals surface area contributed by atoms with E-state index in [1.54, 1.807) is 0 Å². The van der Waals surface area contributed by atoms with E-state index in [4.69, 9.17) is 14.5 Å². The topological polar surface area (TPSA) is 93.1 Å². The minimum Gasteiger partial charge on any atom is -0.454 e. The van der Waals surface area contributed by atoms with E-state index in [0.717, 1.165) is 12.8 Å². The highest BCUT2D eigenvalue weighted by molar-refractivity contribution is 7.69. The highest BCUT2D eigenvalue weighted by Crippen LogP contribution is 2.36. The normalized spacial score (nSPS) is 11.7. The predicted octanol–water partition coefficient (Wildman–Crippen LogP) is 6.58. The maximum Gasteiger partial charge on any atom is 0.433 e. The van der Waals surface area contributed by atoms with Crippen molar-refractivity contribution in [1.29, 1.82) is 0 Å². The van der Waals surface area contributed by atoms with Gasteiger partial charge in [0.1, 0.15) is 6.61 Å². The van der Waals surface area contributed by atoms with Crippen LogP contribution in [0, 0.1) is 0 Å². The van der Waals surface area contributed by atoms with Gasteiger partial charge in [0, 0.05) is 6.61 Å². The second-order valence-corrected chi connectivity index (χ2v) is 9.03. The quantitative estimate of drug-likeness (QED) is 0.160. The predicted molar refractivity (Wildman–Crippen MR) is 114 cm³/mol. The highest BCUT2D eigenvalue weighted by Gasteiger charge is 2.27. The van der Waals surface area contributed by atoms with Gasteiger partial charge < -0.3 is 19.3 Å². The monoisotopic (exact) mass is 422 g/mol. The maximum absolute atomic E-state index is 10.8. The summed E-state index contributed by atoms with van der Waals surface area (Å²) in [5, 5.41) is 0. The smallest absolute Gasteiger partial charge is 0.433 e. The van der Waals surface area contributed by atoms with E-state index >= 15 is 0 Å². The van der Waals surface area contributed by atoms with Gasteiger partial charge in [0.2, 0.25) is 0 Å². The molecule has 168 valence electrons. The van der Waals surface area contributed by atoms with E-state index in [1.165, 1.54) is 89.9 Å². The Hall–Kier alpha value is -0.420. The van der Waals surface area contributed by atoms with Crippen molar-refractivity contribution in [3.8, 4) is 0 Å². The lowest BCUT2D eigenvalue weighted by Crippen LogP contribution is -2.10. The van der Waals surface area contributed by atoms with Crippen molar-refractivity contribution in [2.75, 3.05) is 19.8 Å². The van der Waals surface area contributed by atoms with Crippen LogP contribution in [0.15, 0.2) is 0 Å². The zero-order valence-corrected chi connectivity index (χ0v) is 18.8. The number of rotatable bonds is 21. The van der Waals surface area contributed by atoms with E-state index in [-0.39, 0.29) is 13.2 Å². The molecule has 2 N–H and O–H groups in total. The fourth-order valence-corrected chi connectivity index (χ4v) is 3.39. The van der Waals surface area contributed by atoms with Gasteiger partial charge in [-0.2, -0.15) is 0 Å². The molecule has 0 aromatic heterocycles. The Morgan fingerprint density at radius 2 is 1.04 bits per heavy atom. The third kappa shape index (κ3) is 20.3. The Bertz CT molecular complexity index is 396. The zero-order valence-electron chi connectivity index (χ0n) is 17.9. The van der Waals surface area contributed by atoms with Crippen LogP contribution in [0.5, 0.6) is 0 Å². The second-order valence-electron chi connectivity index (χ2n) is 7.57. The molecule has 28 heavy (non-hydrogen) atoms. The van der Waals surface area contributed by atoms with Gasteiger partial charge in [0.25, 0.3) is 0 Å². The summed E-state index contributed by atoms with van der Waals surface area (Å²) in [4.78, 5) is 27.9. The molecule has 0 bridgehead atoms. The van der Waals surface area contributed by atoms with Crippen molar-refractivity contribution in [2.24, 2.45) is 0 Å². The molecule has 0 aliphatic heterocycles. The molecule has 0 fully saturated rings. The first-order chi connectivity index (χ1) is 13.5. The van der Waals surface area contributed by atoms with E-state index in [2.05, 4.69) is 11.7 Å². The van der Waals surface area contributed by atoms with Crippen LogP contribution in [-0.2, 0) is 14.0 Å². The van der Waals surface area contributed by atoms with Crippen LogP contribution in [0.3, 0.4) is 0 Å². The Balaban J connectivity index is 3.11. The van der Waals surface area contributed by atoms with Crippen LogP contribution >= 0.6 is 7.60 Å². The summed E-state index contributed by atoms with van der Waals surface area (Å²) in [6.45, 7) is 2.90. The van der Waals surface area contributed by atoms with Crippen molar-refractivity contribution in [2.45, 2.75) is 110 Å². The SMILES string of the molecule is CCCCCCCCCCCCCCCCCCOCCOC(=O)P(=O)(O)O. The lowest BCUT2D eigenvalue weighted by molar-refractivity contribution is 0.0777. The molecular formula is C21H43O6P. The van der Waals surface area contributed by atoms with E-state index < -0.39 is 13.3 Å². The third-order valence-corrected chi connectivity index (χ3v) is 5.44. The van der Waals surface area contributed by atoms with Gasteiger partial charge >= 0.3 is 13.3 Å². The minimum absolute atomic E-state index is 0.122. The molecule has 0 spiro atoms. The largest absolute Gasteiger partial charge is 0.454 e. The molecule has 0 radical (unpaired) electrons. The molecule has 0 aliphatic carbocycles. The average molecular weight is 423 g/mol. The van der Waals surface area contributed by atoms with E-state index in [1.807, 2.05) is 0 Å². The molecule has 0 rings (SSSR count). The summed E-state index contributed by atoms with van der Waals surface area (Å²) in [5.74, 6) is 0. The van der Waals surface area contributed by atoms with E-state index in [0.29, 0.717) is 6.61 Å². The third-order valence-electron chi connectivity index (χ3n) is 4.83. The number of carbonyl (C=O) groups is 1. The molecule has 0 aliphatic rings. The van der Waals surface area contributed by atoms with Crippen molar-refractivity contribution in [3.05, 3.63) is 0 Å². The van der Waals surface area contributed by atoms with Crippen LogP contribution in [-0.4, -0.2) is 35.3 Å². The second kappa shape index (κ2) is 19.9. The fraction of sp³-hybridized carbons (Fsp3) is 0.952. The molecule has 0 aromatic carbocycles. The van der Waals surface area contributed by atoms with Gasteiger partial charge in [-0.05, 0) is 6.42 Å². The summed E-state index contributed by atoms with van der Waals surface area (Å²) in [5.41, 5.74) is -1.49. The number of hydrogen-bond acceptors (Lipinski definition) is 4. The Kier molecular flexibility index (Phi) is 19.6. The van der Waals surface area contributed by atoms with Gasteiger partial charge in [0.15, 0.2) is 0 Å². The average Bonchev–Trinajstić information content (AvgIpc) is 2.65. The standard InChI is InChI=1S/C21H43O6P/c1-2-3-4-5-6-7-8-9-10-11-12-13-14-15-16-17-18-26-19-20-27-21(22)28(23,24)25/h2-20H2,1H3,(H2,23,24,25). The van der Waals surface area contributed by atoms with Crippen LogP contribution in [0.4, 0.5) is 4.79 Å². The van der Waals surface area contributed by atoms with Gasteiger partial charge in [-0.25, -0.2) is 9.36 Å². The molecule has 0 atom stereocenters. The molecule has 0 heterocycles. The van der Waals surface area contributed by atoms with Crippen molar-refractivity contribution in [3.63, 3.8) is 0 Å². The Labute approximate surface area is 171 Å². The first-order valence-corrected chi connectivity index (χ1v) is 12.9. The zero-order chi connectivity index (χ0) is 20.9. The van der Waals surface area contributed by atoms with Crippen molar-refractivity contribution in [1.82, 2.24) is 0 Å². The highest BCUT2D eigenvalue weighted by atomic mass is 31.2. The number of ether oxygens (including phenoxy) is 2. The van der Waals surface area contributed by atoms with Gasteiger partial charge in [-0.1, -0.05) is 103 Å². The molecule has 0 saturated heterocycles. The number of carbonyl (C=O) groups excluding carboxylic acids is 1. The maximum atomic E-state index is 10.8. The summed E-state index contributed by atoms with van der Waals surface area (Å²) in [6.07, 6.45) is 21.2. The molecule has 0 amide bonds. The fourth-order valence-electron chi connectivity index (χ4n) is 3.13. The first kappa shape index (κ1) is 27.6. The van der Waals surface area contributed by atoms with E-state index in [9.17, 15) is 9.36 Å². The summed E-state index contributed by atoms with van der Waals surface area (Å²) < 4.78 is 20.2. The van der Waals surface area contributed by atoms with Gasteiger partial charge in [-0.3, -0.25) is 0 Å².